The lowest BCUT2D eigenvalue weighted by molar-refractivity contribution is 0.0549. The van der Waals surface area contributed by atoms with Gasteiger partial charge < -0.3 is 19.7 Å². The van der Waals surface area contributed by atoms with Crippen LogP contribution in [0, 0.1) is 0 Å². The smallest absolute Gasteiger partial charge is 0.340 e. The summed E-state index contributed by atoms with van der Waals surface area (Å²) in [7, 11) is 1.82. The molecule has 1 fully saturated rings. The summed E-state index contributed by atoms with van der Waals surface area (Å²) < 4.78 is 10.5. The monoisotopic (exact) mass is 276 g/mol. The van der Waals surface area contributed by atoms with E-state index in [1.165, 1.54) is 0 Å². The second-order valence-electron chi connectivity index (χ2n) is 4.47. The lowest BCUT2D eigenvalue weighted by Crippen LogP contribution is -2.37. The second kappa shape index (κ2) is 6.96. The number of benzene rings is 1. The van der Waals surface area contributed by atoms with Crippen LogP contribution in [0.15, 0.2) is 30.9 Å². The van der Waals surface area contributed by atoms with E-state index >= 15 is 0 Å². The first-order valence-corrected chi connectivity index (χ1v) is 6.68. The summed E-state index contributed by atoms with van der Waals surface area (Å²) in [6.45, 7) is 6.68. The Morgan fingerprint density at radius 2 is 2.25 bits per heavy atom. The maximum Gasteiger partial charge on any atom is 0.340 e. The number of rotatable bonds is 5. The third-order valence-electron chi connectivity index (χ3n) is 3.19. The van der Waals surface area contributed by atoms with Gasteiger partial charge in [0, 0.05) is 25.8 Å². The predicted octanol–water partition coefficient (Wildman–Crippen LogP) is 1.91. The number of ether oxygens (including phenoxy) is 2. The number of anilines is 2. The highest BCUT2D eigenvalue weighted by Crippen LogP contribution is 2.26. The Bertz CT molecular complexity index is 482. The molecule has 1 aromatic carbocycles. The summed E-state index contributed by atoms with van der Waals surface area (Å²) in [5.41, 5.74) is 2.34. The molecule has 0 radical (unpaired) electrons. The Morgan fingerprint density at radius 3 is 2.90 bits per heavy atom. The zero-order valence-corrected chi connectivity index (χ0v) is 11.7. The molecule has 0 aliphatic carbocycles. The SMILES string of the molecule is C=CCOC(=O)c1cc(NC)ccc1N1CCOCC1. The number of nitrogens with zero attached hydrogens (tertiary/aromatic N) is 1. The van der Waals surface area contributed by atoms with Gasteiger partial charge in [0.05, 0.1) is 24.5 Å². The van der Waals surface area contributed by atoms with Crippen molar-refractivity contribution in [3.05, 3.63) is 36.4 Å². The molecule has 0 spiro atoms. The van der Waals surface area contributed by atoms with Crippen molar-refractivity contribution in [3.8, 4) is 0 Å². The standard InChI is InChI=1S/C15H20N2O3/c1-3-8-20-15(18)13-11-12(16-2)4-5-14(13)17-6-9-19-10-7-17/h3-5,11,16H,1,6-10H2,2H3. The van der Waals surface area contributed by atoms with Gasteiger partial charge in [0.25, 0.3) is 0 Å². The molecule has 1 saturated heterocycles. The molecule has 0 amide bonds. The van der Waals surface area contributed by atoms with Gasteiger partial charge in [0.2, 0.25) is 0 Å². The molecular weight excluding hydrogens is 256 g/mol. The number of morpholine rings is 1. The van der Waals surface area contributed by atoms with Gasteiger partial charge in [-0.1, -0.05) is 12.7 Å². The number of carbonyl (C=O) groups is 1. The Kier molecular flexibility index (Phi) is 5.01. The molecule has 0 saturated carbocycles. The highest BCUT2D eigenvalue weighted by Gasteiger charge is 2.20. The van der Waals surface area contributed by atoms with Crippen molar-refractivity contribution in [2.75, 3.05) is 50.2 Å². The van der Waals surface area contributed by atoms with Crippen LogP contribution >= 0.6 is 0 Å². The largest absolute Gasteiger partial charge is 0.458 e. The molecule has 5 nitrogen and oxygen atoms in total. The van der Waals surface area contributed by atoms with Gasteiger partial charge in [0.1, 0.15) is 6.61 Å². The quantitative estimate of drug-likeness (QED) is 0.657. The van der Waals surface area contributed by atoms with E-state index in [0.717, 1.165) is 24.5 Å². The van der Waals surface area contributed by atoms with Crippen LogP contribution in [0.25, 0.3) is 0 Å². The minimum Gasteiger partial charge on any atom is -0.458 e. The van der Waals surface area contributed by atoms with Crippen LogP contribution in [0.2, 0.25) is 0 Å². The van der Waals surface area contributed by atoms with Gasteiger partial charge in [0.15, 0.2) is 0 Å². The minimum absolute atomic E-state index is 0.213. The van der Waals surface area contributed by atoms with Crippen molar-refractivity contribution in [2.45, 2.75) is 0 Å². The molecule has 20 heavy (non-hydrogen) atoms. The first-order valence-electron chi connectivity index (χ1n) is 6.68. The lowest BCUT2D eigenvalue weighted by atomic mass is 10.1. The van der Waals surface area contributed by atoms with Gasteiger partial charge in [-0.05, 0) is 18.2 Å². The van der Waals surface area contributed by atoms with Crippen molar-refractivity contribution < 1.29 is 14.3 Å². The van der Waals surface area contributed by atoms with E-state index in [1.807, 2.05) is 25.2 Å². The van der Waals surface area contributed by atoms with Gasteiger partial charge >= 0.3 is 5.97 Å². The molecule has 0 unspecified atom stereocenters. The first-order chi connectivity index (χ1) is 9.76. The van der Waals surface area contributed by atoms with Crippen LogP contribution in [-0.2, 0) is 9.47 Å². The second-order valence-corrected chi connectivity index (χ2v) is 4.47. The van der Waals surface area contributed by atoms with Crippen LogP contribution in [0.5, 0.6) is 0 Å². The van der Waals surface area contributed by atoms with Gasteiger partial charge in [-0.25, -0.2) is 4.79 Å². The highest BCUT2D eigenvalue weighted by atomic mass is 16.5. The average molecular weight is 276 g/mol. The molecule has 1 heterocycles. The molecule has 1 aliphatic rings. The zero-order chi connectivity index (χ0) is 14.4. The Balaban J connectivity index is 2.28. The van der Waals surface area contributed by atoms with E-state index in [-0.39, 0.29) is 12.6 Å². The van der Waals surface area contributed by atoms with E-state index in [0.29, 0.717) is 18.8 Å². The van der Waals surface area contributed by atoms with Crippen molar-refractivity contribution in [2.24, 2.45) is 0 Å². The maximum absolute atomic E-state index is 12.2. The van der Waals surface area contributed by atoms with Gasteiger partial charge in [-0.15, -0.1) is 0 Å². The topological polar surface area (TPSA) is 50.8 Å². The van der Waals surface area contributed by atoms with Crippen LogP contribution < -0.4 is 10.2 Å². The fraction of sp³-hybridized carbons (Fsp3) is 0.400. The Labute approximate surface area is 119 Å². The third-order valence-corrected chi connectivity index (χ3v) is 3.19. The minimum atomic E-state index is -0.330. The highest BCUT2D eigenvalue weighted by molar-refractivity contribution is 5.97. The molecule has 0 atom stereocenters. The van der Waals surface area contributed by atoms with E-state index < -0.39 is 0 Å². The van der Waals surface area contributed by atoms with Gasteiger partial charge in [-0.3, -0.25) is 0 Å². The molecule has 0 bridgehead atoms. The van der Waals surface area contributed by atoms with Gasteiger partial charge in [-0.2, -0.15) is 0 Å². The lowest BCUT2D eigenvalue weighted by Gasteiger charge is -2.30. The molecule has 0 aromatic heterocycles. The van der Waals surface area contributed by atoms with Crippen LogP contribution in [0.1, 0.15) is 10.4 Å². The Hall–Kier alpha value is -2.01. The number of hydrogen-bond donors (Lipinski definition) is 1. The molecular formula is C15H20N2O3. The third kappa shape index (κ3) is 3.30. The summed E-state index contributed by atoms with van der Waals surface area (Å²) in [5, 5.41) is 3.04. The number of nitrogens with one attached hydrogen (secondary N) is 1. The van der Waals surface area contributed by atoms with Crippen LogP contribution in [0.3, 0.4) is 0 Å². The number of hydrogen-bond acceptors (Lipinski definition) is 5. The normalized spacial score (nSPS) is 14.8. The molecule has 2 rings (SSSR count). The van der Waals surface area contributed by atoms with Crippen LogP contribution in [0.4, 0.5) is 11.4 Å². The fourth-order valence-electron chi connectivity index (χ4n) is 2.15. The van der Waals surface area contributed by atoms with Crippen molar-refractivity contribution in [1.82, 2.24) is 0 Å². The molecule has 1 aromatic rings. The van der Waals surface area contributed by atoms with E-state index in [2.05, 4.69) is 16.8 Å². The zero-order valence-electron chi connectivity index (χ0n) is 11.7. The van der Waals surface area contributed by atoms with Crippen molar-refractivity contribution in [1.29, 1.82) is 0 Å². The maximum atomic E-state index is 12.2. The van der Waals surface area contributed by atoms with Crippen molar-refractivity contribution in [3.63, 3.8) is 0 Å². The number of esters is 1. The molecule has 108 valence electrons. The van der Waals surface area contributed by atoms with E-state index in [9.17, 15) is 4.79 Å². The van der Waals surface area contributed by atoms with E-state index in [1.54, 1.807) is 6.08 Å². The Morgan fingerprint density at radius 1 is 1.50 bits per heavy atom. The van der Waals surface area contributed by atoms with Crippen molar-refractivity contribution >= 4 is 17.3 Å². The fourth-order valence-corrected chi connectivity index (χ4v) is 2.15. The predicted molar refractivity (Wildman–Crippen MR) is 79.5 cm³/mol. The first kappa shape index (κ1) is 14.4. The van der Waals surface area contributed by atoms with E-state index in [4.69, 9.17) is 9.47 Å². The molecule has 1 N–H and O–H groups in total. The summed E-state index contributed by atoms with van der Waals surface area (Å²) >= 11 is 0. The van der Waals surface area contributed by atoms with Crippen LogP contribution in [-0.4, -0.2) is 45.9 Å². The summed E-state index contributed by atoms with van der Waals surface area (Å²) in [6, 6.07) is 5.72. The number of carbonyl (C=O) groups excluding carboxylic acids is 1. The molecule has 5 heteroatoms. The average Bonchev–Trinajstić information content (AvgIpc) is 2.52. The summed E-state index contributed by atoms with van der Waals surface area (Å²) in [6.07, 6.45) is 1.56. The summed E-state index contributed by atoms with van der Waals surface area (Å²) in [4.78, 5) is 14.3. The summed E-state index contributed by atoms with van der Waals surface area (Å²) in [5.74, 6) is -0.330. The molecule has 1 aliphatic heterocycles.